The fourth-order valence-corrected chi connectivity index (χ4v) is 1.73. The fraction of sp³-hybridized carbons (Fsp3) is 0.273. The number of benzene rings is 1. The Morgan fingerprint density at radius 3 is 2.67 bits per heavy atom. The molecule has 0 aliphatic carbocycles. The molecule has 0 amide bonds. The molecule has 0 radical (unpaired) electrons. The van der Waals surface area contributed by atoms with Gasteiger partial charge in [-0.3, -0.25) is 0 Å². The van der Waals surface area contributed by atoms with Gasteiger partial charge in [-0.2, -0.15) is 0 Å². The van der Waals surface area contributed by atoms with E-state index in [1.54, 1.807) is 16.8 Å². The van der Waals surface area contributed by atoms with E-state index in [9.17, 15) is 0 Å². The molecule has 0 heterocycles. The van der Waals surface area contributed by atoms with Gasteiger partial charge in [0.1, 0.15) is 0 Å². The van der Waals surface area contributed by atoms with Crippen molar-refractivity contribution in [3.63, 3.8) is 0 Å². The first-order valence-corrected chi connectivity index (χ1v) is 5.97. The largest absolute Gasteiger partial charge is 0.398 e. The summed E-state index contributed by atoms with van der Waals surface area (Å²) in [6.45, 7) is 6.61. The lowest BCUT2D eigenvalue weighted by Crippen LogP contribution is -2.28. The molecule has 0 aromatic heterocycles. The molecule has 3 nitrogen and oxygen atoms in total. The molecule has 0 atom stereocenters. The Morgan fingerprint density at radius 1 is 1.53 bits per heavy atom. The maximum atomic E-state index is 5.93. The number of nitrogens with two attached hydrogens (primary N) is 2. The van der Waals surface area contributed by atoms with Crippen LogP contribution in [-0.4, -0.2) is 17.8 Å². The van der Waals surface area contributed by atoms with E-state index in [1.807, 2.05) is 31.4 Å². The molecule has 0 unspecified atom stereocenters. The van der Waals surface area contributed by atoms with Crippen molar-refractivity contribution in [1.29, 1.82) is 0 Å². The number of nitrogen functional groups attached to an aromatic ring is 1. The van der Waals surface area contributed by atoms with Crippen molar-refractivity contribution < 1.29 is 0 Å². The van der Waals surface area contributed by atoms with Crippen molar-refractivity contribution >= 4 is 23.1 Å². The van der Waals surface area contributed by atoms with Crippen molar-refractivity contribution in [1.82, 2.24) is 5.01 Å². The predicted octanol–water partition coefficient (Wildman–Crippen LogP) is 2.16. The van der Waals surface area contributed by atoms with Crippen LogP contribution in [0.2, 0.25) is 0 Å². The number of rotatable bonds is 4. The van der Waals surface area contributed by atoms with Crippen molar-refractivity contribution in [2.75, 3.05) is 18.5 Å². The fourth-order valence-electron chi connectivity index (χ4n) is 1.28. The molecule has 0 saturated carbocycles. The van der Waals surface area contributed by atoms with Crippen LogP contribution in [0.25, 0.3) is 5.70 Å². The molecule has 4 heteroatoms. The molecule has 0 fully saturated rings. The van der Waals surface area contributed by atoms with Gasteiger partial charge in [-0.05, 0) is 31.4 Å². The van der Waals surface area contributed by atoms with Gasteiger partial charge in [-0.1, -0.05) is 6.58 Å². The summed E-state index contributed by atoms with van der Waals surface area (Å²) in [5.74, 6) is 5.76. The minimum Gasteiger partial charge on any atom is -0.398 e. The normalized spacial score (nSPS) is 10.1. The molecular weight excluding hydrogens is 206 g/mol. The van der Waals surface area contributed by atoms with Crippen LogP contribution in [0.4, 0.5) is 5.69 Å². The lowest BCUT2D eigenvalue weighted by atomic mass is 10.1. The number of nitrogens with zero attached hydrogens (tertiary/aromatic N) is 1. The third-order valence-corrected chi connectivity index (χ3v) is 2.98. The monoisotopic (exact) mass is 223 g/mol. The van der Waals surface area contributed by atoms with E-state index >= 15 is 0 Å². The van der Waals surface area contributed by atoms with Crippen LogP contribution in [0.3, 0.4) is 0 Å². The molecule has 0 aliphatic heterocycles. The summed E-state index contributed by atoms with van der Waals surface area (Å²) in [5, 5.41) is 1.59. The van der Waals surface area contributed by atoms with Crippen molar-refractivity contribution in [3.8, 4) is 0 Å². The molecule has 15 heavy (non-hydrogen) atoms. The second kappa shape index (κ2) is 5.09. The molecule has 0 spiro atoms. The Bertz CT molecular complexity index is 363. The Labute approximate surface area is 95.1 Å². The van der Waals surface area contributed by atoms with E-state index in [4.69, 9.17) is 11.6 Å². The van der Waals surface area contributed by atoms with Gasteiger partial charge in [0.2, 0.25) is 0 Å². The lowest BCUT2D eigenvalue weighted by molar-refractivity contribution is 0.442. The molecule has 1 rings (SSSR count). The summed E-state index contributed by atoms with van der Waals surface area (Å²) in [6, 6.07) is 5.92. The average molecular weight is 223 g/mol. The SMILES string of the molecule is C=C(c1ccc(SC)cc1N)N(N)CC. The smallest absolute Gasteiger partial charge is 0.0538 e. The summed E-state index contributed by atoms with van der Waals surface area (Å²) in [5.41, 5.74) is 8.30. The van der Waals surface area contributed by atoms with Gasteiger partial charge < -0.3 is 10.7 Å². The zero-order chi connectivity index (χ0) is 11.4. The Kier molecular flexibility index (Phi) is 4.05. The predicted molar refractivity (Wildman–Crippen MR) is 68.2 cm³/mol. The zero-order valence-electron chi connectivity index (χ0n) is 9.16. The Hall–Kier alpha value is -1.13. The third-order valence-electron chi connectivity index (χ3n) is 2.26. The average Bonchev–Trinajstić information content (AvgIpc) is 2.26. The highest BCUT2D eigenvalue weighted by molar-refractivity contribution is 7.98. The van der Waals surface area contributed by atoms with Crippen LogP contribution in [0.5, 0.6) is 0 Å². The van der Waals surface area contributed by atoms with Gasteiger partial charge in [0.05, 0.1) is 5.70 Å². The first-order chi connectivity index (χ1) is 7.10. The van der Waals surface area contributed by atoms with Crippen molar-refractivity contribution in [2.24, 2.45) is 5.84 Å². The first-order valence-electron chi connectivity index (χ1n) is 4.75. The molecule has 0 aliphatic rings. The second-order valence-electron chi connectivity index (χ2n) is 3.19. The van der Waals surface area contributed by atoms with Gasteiger partial charge in [0, 0.05) is 22.7 Å². The van der Waals surface area contributed by atoms with Gasteiger partial charge in [0.15, 0.2) is 0 Å². The minimum atomic E-state index is 0.711. The molecule has 0 bridgehead atoms. The molecule has 82 valence electrons. The minimum absolute atomic E-state index is 0.711. The van der Waals surface area contributed by atoms with Crippen LogP contribution in [0.1, 0.15) is 12.5 Å². The highest BCUT2D eigenvalue weighted by Gasteiger charge is 2.07. The summed E-state index contributed by atoms with van der Waals surface area (Å²) in [4.78, 5) is 1.14. The van der Waals surface area contributed by atoms with E-state index in [0.717, 1.165) is 21.8 Å². The molecule has 1 aromatic carbocycles. The van der Waals surface area contributed by atoms with E-state index in [0.29, 0.717) is 6.54 Å². The number of anilines is 1. The van der Waals surface area contributed by atoms with Crippen molar-refractivity contribution in [3.05, 3.63) is 30.3 Å². The van der Waals surface area contributed by atoms with Crippen molar-refractivity contribution in [2.45, 2.75) is 11.8 Å². The van der Waals surface area contributed by atoms with E-state index in [1.165, 1.54) is 0 Å². The Morgan fingerprint density at radius 2 is 2.20 bits per heavy atom. The standard InChI is InChI=1S/C11H17N3S/c1-4-14(13)8(2)10-6-5-9(15-3)7-11(10)12/h5-7H,2,4,12-13H2,1,3H3. The molecule has 0 saturated heterocycles. The third kappa shape index (κ3) is 2.67. The van der Waals surface area contributed by atoms with Crippen LogP contribution in [0.15, 0.2) is 29.7 Å². The maximum absolute atomic E-state index is 5.93. The molecular formula is C11H17N3S. The first kappa shape index (κ1) is 11.9. The number of hydrazine groups is 1. The summed E-state index contributed by atoms with van der Waals surface area (Å²) >= 11 is 1.66. The second-order valence-corrected chi connectivity index (χ2v) is 4.07. The summed E-state index contributed by atoms with van der Waals surface area (Å²) in [6.07, 6.45) is 2.02. The molecule has 1 aromatic rings. The summed E-state index contributed by atoms with van der Waals surface area (Å²) < 4.78 is 0. The maximum Gasteiger partial charge on any atom is 0.0538 e. The van der Waals surface area contributed by atoms with Gasteiger partial charge in [0.25, 0.3) is 0 Å². The number of hydrogen-bond acceptors (Lipinski definition) is 4. The number of thioether (sulfide) groups is 1. The van der Waals surface area contributed by atoms with E-state index < -0.39 is 0 Å². The van der Waals surface area contributed by atoms with Crippen LogP contribution >= 0.6 is 11.8 Å². The van der Waals surface area contributed by atoms with Gasteiger partial charge >= 0.3 is 0 Å². The van der Waals surface area contributed by atoms with E-state index in [-0.39, 0.29) is 0 Å². The van der Waals surface area contributed by atoms with Crippen LogP contribution < -0.4 is 11.6 Å². The van der Waals surface area contributed by atoms with Crippen LogP contribution in [0, 0.1) is 0 Å². The van der Waals surface area contributed by atoms with Crippen LogP contribution in [-0.2, 0) is 0 Å². The van der Waals surface area contributed by atoms with Gasteiger partial charge in [-0.25, -0.2) is 5.84 Å². The lowest BCUT2D eigenvalue weighted by Gasteiger charge is -2.20. The topological polar surface area (TPSA) is 55.3 Å². The highest BCUT2D eigenvalue weighted by atomic mass is 32.2. The quantitative estimate of drug-likeness (QED) is 0.355. The molecule has 4 N–H and O–H groups in total. The zero-order valence-corrected chi connectivity index (χ0v) is 9.97. The number of hydrogen-bond donors (Lipinski definition) is 2. The summed E-state index contributed by atoms with van der Waals surface area (Å²) in [7, 11) is 0. The Balaban J connectivity index is 3.00. The highest BCUT2D eigenvalue weighted by Crippen LogP contribution is 2.26. The van der Waals surface area contributed by atoms with E-state index in [2.05, 4.69) is 6.58 Å². The van der Waals surface area contributed by atoms with Gasteiger partial charge in [-0.15, -0.1) is 11.8 Å².